The second-order valence-electron chi connectivity index (χ2n) is 4.31. The lowest BCUT2D eigenvalue weighted by atomic mass is 10.1. The molecule has 0 radical (unpaired) electrons. The quantitative estimate of drug-likeness (QED) is 0.478. The zero-order valence-corrected chi connectivity index (χ0v) is 14.3. The molecule has 0 aliphatic carbocycles. The molecule has 21 heavy (non-hydrogen) atoms. The van der Waals surface area contributed by atoms with Gasteiger partial charge in [0.05, 0.1) is 4.91 Å². The molecule has 1 fully saturated rings. The van der Waals surface area contributed by atoms with Gasteiger partial charge in [0, 0.05) is 30.5 Å². The third kappa shape index (κ3) is 4.61. The Bertz CT molecular complexity index is 555. The van der Waals surface area contributed by atoms with Crippen molar-refractivity contribution in [2.45, 2.75) is 0 Å². The van der Waals surface area contributed by atoms with Gasteiger partial charge in [-0.1, -0.05) is 36.1 Å². The van der Waals surface area contributed by atoms with Crippen molar-refractivity contribution < 1.29 is 4.79 Å². The molecule has 0 bridgehead atoms. The largest absolute Gasteiger partial charge is 0.369 e. The number of alkyl halides is 2. The molecule has 2 rings (SSSR count). The molecular weight excluding hydrogens is 347 g/mol. The van der Waals surface area contributed by atoms with E-state index in [2.05, 4.69) is 10.2 Å². The van der Waals surface area contributed by atoms with Crippen LogP contribution in [0.1, 0.15) is 5.56 Å². The Hall–Kier alpha value is -0.750. The lowest BCUT2D eigenvalue weighted by Gasteiger charge is -2.22. The number of amides is 1. The molecule has 0 atom stereocenters. The van der Waals surface area contributed by atoms with Crippen molar-refractivity contribution in [3.05, 3.63) is 34.7 Å². The summed E-state index contributed by atoms with van der Waals surface area (Å²) in [5.74, 6) is 0.966. The van der Waals surface area contributed by atoms with Gasteiger partial charge in [0.15, 0.2) is 0 Å². The molecule has 1 saturated heterocycles. The first kappa shape index (κ1) is 16.6. The fourth-order valence-electron chi connectivity index (χ4n) is 1.93. The fraction of sp³-hybridized carbons (Fsp3) is 0.286. The van der Waals surface area contributed by atoms with E-state index in [4.69, 9.17) is 35.4 Å². The number of thiocarbonyl (C=S) groups is 1. The third-order valence-corrected chi connectivity index (χ3v) is 4.41. The van der Waals surface area contributed by atoms with Crippen molar-refractivity contribution >= 4 is 69.2 Å². The van der Waals surface area contributed by atoms with E-state index >= 15 is 0 Å². The predicted molar refractivity (Wildman–Crippen MR) is 96.4 cm³/mol. The van der Waals surface area contributed by atoms with E-state index in [1.807, 2.05) is 30.3 Å². The Balaban J connectivity index is 2.13. The second kappa shape index (κ2) is 8.03. The van der Waals surface area contributed by atoms with Gasteiger partial charge in [-0.3, -0.25) is 4.79 Å². The molecule has 112 valence electrons. The maximum atomic E-state index is 11.6. The zero-order chi connectivity index (χ0) is 15.2. The first-order valence-electron chi connectivity index (χ1n) is 6.36. The van der Waals surface area contributed by atoms with Crippen molar-refractivity contribution in [1.29, 1.82) is 0 Å². The van der Waals surface area contributed by atoms with Gasteiger partial charge in [0.2, 0.25) is 0 Å². The average molecular weight is 361 g/mol. The summed E-state index contributed by atoms with van der Waals surface area (Å²) >= 11 is 17.8. The van der Waals surface area contributed by atoms with Crippen LogP contribution in [-0.4, -0.2) is 35.1 Å². The van der Waals surface area contributed by atoms with Crippen molar-refractivity contribution in [3.63, 3.8) is 0 Å². The summed E-state index contributed by atoms with van der Waals surface area (Å²) in [5, 5.41) is 2.60. The lowest BCUT2D eigenvalue weighted by molar-refractivity contribution is -0.115. The van der Waals surface area contributed by atoms with Gasteiger partial charge in [-0.2, -0.15) is 0 Å². The van der Waals surface area contributed by atoms with Crippen LogP contribution in [-0.2, 0) is 4.79 Å². The molecule has 0 spiro atoms. The van der Waals surface area contributed by atoms with E-state index in [1.165, 1.54) is 11.8 Å². The summed E-state index contributed by atoms with van der Waals surface area (Å²) < 4.78 is 0.498. The van der Waals surface area contributed by atoms with Crippen LogP contribution in [0.5, 0.6) is 0 Å². The second-order valence-corrected chi connectivity index (χ2v) is 6.78. The van der Waals surface area contributed by atoms with E-state index in [0.717, 1.165) is 24.3 Å². The van der Waals surface area contributed by atoms with E-state index < -0.39 is 0 Å². The predicted octanol–water partition coefficient (Wildman–Crippen LogP) is 3.46. The highest BCUT2D eigenvalue weighted by atomic mass is 35.5. The van der Waals surface area contributed by atoms with E-state index in [1.54, 1.807) is 0 Å². The van der Waals surface area contributed by atoms with Crippen molar-refractivity contribution in [2.24, 2.45) is 0 Å². The molecule has 1 amide bonds. The number of anilines is 1. The van der Waals surface area contributed by atoms with Crippen LogP contribution < -0.4 is 10.2 Å². The topological polar surface area (TPSA) is 32.3 Å². The van der Waals surface area contributed by atoms with Crippen LogP contribution in [0.25, 0.3) is 6.08 Å². The van der Waals surface area contributed by atoms with E-state index in [0.29, 0.717) is 21.0 Å². The van der Waals surface area contributed by atoms with Crippen LogP contribution in [0.4, 0.5) is 5.69 Å². The number of rotatable bonds is 6. The summed E-state index contributed by atoms with van der Waals surface area (Å²) in [5.41, 5.74) is 2.02. The number of carbonyl (C=O) groups excluding carboxylic acids is 1. The molecule has 1 aliphatic rings. The highest BCUT2D eigenvalue weighted by molar-refractivity contribution is 8.26. The number of carbonyl (C=O) groups is 1. The molecule has 3 nitrogen and oxygen atoms in total. The van der Waals surface area contributed by atoms with E-state index in [-0.39, 0.29) is 5.91 Å². The number of hydrogen-bond donors (Lipinski definition) is 1. The Morgan fingerprint density at radius 3 is 2.29 bits per heavy atom. The average Bonchev–Trinajstić information content (AvgIpc) is 2.77. The van der Waals surface area contributed by atoms with Crippen molar-refractivity contribution in [1.82, 2.24) is 5.32 Å². The van der Waals surface area contributed by atoms with Gasteiger partial charge in [-0.15, -0.1) is 23.2 Å². The minimum Gasteiger partial charge on any atom is -0.369 e. The van der Waals surface area contributed by atoms with Gasteiger partial charge in [-0.25, -0.2) is 0 Å². The summed E-state index contributed by atoms with van der Waals surface area (Å²) in [7, 11) is 0. The number of thioether (sulfide) groups is 1. The van der Waals surface area contributed by atoms with Crippen molar-refractivity contribution in [2.75, 3.05) is 29.7 Å². The Morgan fingerprint density at radius 1 is 1.19 bits per heavy atom. The number of benzene rings is 1. The normalized spacial score (nSPS) is 16.4. The molecule has 1 N–H and O–H groups in total. The molecule has 0 aromatic heterocycles. The van der Waals surface area contributed by atoms with E-state index in [9.17, 15) is 4.79 Å². The van der Waals surface area contributed by atoms with Gasteiger partial charge < -0.3 is 10.2 Å². The maximum absolute atomic E-state index is 11.6. The van der Waals surface area contributed by atoms with Crippen LogP contribution in [0.2, 0.25) is 0 Å². The monoisotopic (exact) mass is 360 g/mol. The van der Waals surface area contributed by atoms with Gasteiger partial charge in [-0.05, 0) is 23.8 Å². The fourth-order valence-corrected chi connectivity index (χ4v) is 3.38. The number of nitrogens with one attached hydrogen (secondary N) is 1. The Kier molecular flexibility index (Phi) is 6.36. The SMILES string of the molecule is O=C1NC(=S)S/C1=C\c1ccc(N(CCCl)CCCl)cc1. The standard InChI is InChI=1S/C14H14Cl2N2OS2/c15-5-7-18(8-6-16)11-3-1-10(2-4-11)9-12-13(19)17-14(20)21-12/h1-4,9H,5-8H2,(H,17,19,20)/b12-9-. The Labute approximate surface area is 143 Å². The Morgan fingerprint density at radius 2 is 1.81 bits per heavy atom. The van der Waals surface area contributed by atoms with Crippen LogP contribution in [0.3, 0.4) is 0 Å². The first-order valence-corrected chi connectivity index (χ1v) is 8.65. The van der Waals surface area contributed by atoms with Gasteiger partial charge in [0.1, 0.15) is 4.32 Å². The minimum atomic E-state index is -0.139. The van der Waals surface area contributed by atoms with Gasteiger partial charge in [0.25, 0.3) is 5.91 Å². The number of halogens is 2. The summed E-state index contributed by atoms with van der Waals surface area (Å²) in [6.07, 6.45) is 1.83. The highest BCUT2D eigenvalue weighted by Crippen LogP contribution is 2.26. The van der Waals surface area contributed by atoms with Crippen LogP contribution >= 0.6 is 47.2 Å². The molecule has 0 saturated carbocycles. The zero-order valence-electron chi connectivity index (χ0n) is 11.1. The molecule has 1 heterocycles. The molecular formula is C14H14Cl2N2OS2. The molecule has 1 aromatic carbocycles. The van der Waals surface area contributed by atoms with Gasteiger partial charge >= 0.3 is 0 Å². The number of hydrogen-bond acceptors (Lipinski definition) is 4. The lowest BCUT2D eigenvalue weighted by Crippen LogP contribution is -2.27. The maximum Gasteiger partial charge on any atom is 0.263 e. The smallest absolute Gasteiger partial charge is 0.263 e. The van der Waals surface area contributed by atoms with Crippen LogP contribution in [0, 0.1) is 0 Å². The van der Waals surface area contributed by atoms with Crippen LogP contribution in [0.15, 0.2) is 29.2 Å². The number of nitrogens with zero attached hydrogens (tertiary/aromatic N) is 1. The molecule has 7 heteroatoms. The first-order chi connectivity index (χ1) is 10.1. The molecule has 1 aromatic rings. The summed E-state index contributed by atoms with van der Waals surface area (Å²) in [6, 6.07) is 7.93. The molecule has 0 unspecified atom stereocenters. The highest BCUT2D eigenvalue weighted by Gasteiger charge is 2.21. The summed E-state index contributed by atoms with van der Waals surface area (Å²) in [6.45, 7) is 1.50. The molecule has 1 aliphatic heterocycles. The minimum absolute atomic E-state index is 0.139. The van der Waals surface area contributed by atoms with Crippen molar-refractivity contribution in [3.8, 4) is 0 Å². The summed E-state index contributed by atoms with van der Waals surface area (Å²) in [4.78, 5) is 14.4. The third-order valence-electron chi connectivity index (χ3n) is 2.91.